The summed E-state index contributed by atoms with van der Waals surface area (Å²) in [5.74, 6) is 0. The van der Waals surface area contributed by atoms with Gasteiger partial charge in [0.15, 0.2) is 0 Å². The average molecular weight is 255 g/mol. The van der Waals surface area contributed by atoms with Crippen molar-refractivity contribution in [2.75, 3.05) is 19.1 Å². The van der Waals surface area contributed by atoms with Crippen molar-refractivity contribution in [2.24, 2.45) is 0 Å². The molecular formula is C12H17NO3S. The summed E-state index contributed by atoms with van der Waals surface area (Å²) in [6, 6.07) is 7.41. The van der Waals surface area contributed by atoms with Crippen LogP contribution in [0, 0.1) is 0 Å². The zero-order valence-corrected chi connectivity index (χ0v) is 11.0. The number of thioether (sulfide) groups is 1. The van der Waals surface area contributed by atoms with Gasteiger partial charge in [-0.15, -0.1) is 0 Å². The second-order valence-electron chi connectivity index (χ2n) is 3.50. The van der Waals surface area contributed by atoms with Crippen molar-refractivity contribution in [2.45, 2.75) is 23.7 Å². The Morgan fingerprint density at radius 1 is 1.53 bits per heavy atom. The van der Waals surface area contributed by atoms with E-state index in [1.807, 2.05) is 25.1 Å². The highest BCUT2D eigenvalue weighted by Gasteiger charge is 2.15. The fourth-order valence-electron chi connectivity index (χ4n) is 1.38. The standard InChI is InChI=1S/C12H17NO3S/c1-4-11(16-3)17-10-8-6-5-7-9(10)13(2)12(14)15/h5-8,11H,4H2,1-3H3,(H,14,15). The van der Waals surface area contributed by atoms with Crippen molar-refractivity contribution in [1.82, 2.24) is 0 Å². The van der Waals surface area contributed by atoms with Crippen LogP contribution in [0.25, 0.3) is 0 Å². The van der Waals surface area contributed by atoms with Crippen LogP contribution in [0.2, 0.25) is 0 Å². The Bertz CT molecular complexity index is 380. The largest absolute Gasteiger partial charge is 0.465 e. The van der Waals surface area contributed by atoms with Gasteiger partial charge < -0.3 is 9.84 Å². The van der Waals surface area contributed by atoms with Crippen LogP contribution in [-0.4, -0.2) is 30.8 Å². The molecule has 0 radical (unpaired) electrons. The highest BCUT2D eigenvalue weighted by atomic mass is 32.2. The summed E-state index contributed by atoms with van der Waals surface area (Å²) < 4.78 is 5.30. The summed E-state index contributed by atoms with van der Waals surface area (Å²) in [6.45, 7) is 2.03. The monoisotopic (exact) mass is 255 g/mol. The number of ether oxygens (including phenoxy) is 1. The zero-order chi connectivity index (χ0) is 12.8. The van der Waals surface area contributed by atoms with E-state index in [2.05, 4.69) is 0 Å². The van der Waals surface area contributed by atoms with Crippen molar-refractivity contribution in [3.63, 3.8) is 0 Å². The van der Waals surface area contributed by atoms with Crippen LogP contribution in [-0.2, 0) is 4.74 Å². The second-order valence-corrected chi connectivity index (χ2v) is 4.70. The minimum absolute atomic E-state index is 0.0401. The Hall–Kier alpha value is -1.20. The van der Waals surface area contributed by atoms with Crippen molar-refractivity contribution < 1.29 is 14.6 Å². The number of nitrogens with zero attached hydrogens (tertiary/aromatic N) is 1. The van der Waals surface area contributed by atoms with Gasteiger partial charge in [0, 0.05) is 19.1 Å². The maximum Gasteiger partial charge on any atom is 0.411 e. The Kier molecular flexibility index (Phi) is 5.31. The van der Waals surface area contributed by atoms with Gasteiger partial charge >= 0.3 is 6.09 Å². The highest BCUT2D eigenvalue weighted by molar-refractivity contribution is 8.00. The molecule has 4 nitrogen and oxygen atoms in total. The van der Waals surface area contributed by atoms with Gasteiger partial charge in [0.05, 0.1) is 5.69 Å². The number of anilines is 1. The molecule has 17 heavy (non-hydrogen) atoms. The maximum absolute atomic E-state index is 11.0. The Morgan fingerprint density at radius 2 is 2.18 bits per heavy atom. The number of hydrogen-bond donors (Lipinski definition) is 1. The Balaban J connectivity index is 2.95. The first-order valence-corrected chi connectivity index (χ1v) is 6.23. The molecule has 1 rings (SSSR count). The van der Waals surface area contributed by atoms with Crippen molar-refractivity contribution >= 4 is 23.5 Å². The predicted molar refractivity (Wildman–Crippen MR) is 69.8 cm³/mol. The first-order valence-electron chi connectivity index (χ1n) is 5.35. The number of amides is 1. The minimum atomic E-state index is -0.969. The molecule has 0 saturated carbocycles. The maximum atomic E-state index is 11.0. The van der Waals surface area contributed by atoms with Crippen LogP contribution in [0.3, 0.4) is 0 Å². The summed E-state index contributed by atoms with van der Waals surface area (Å²) in [6.07, 6.45) is -0.102. The molecule has 0 heterocycles. The molecule has 1 aromatic rings. The molecule has 0 aliphatic heterocycles. The molecule has 0 aliphatic rings. The van der Waals surface area contributed by atoms with E-state index in [1.165, 1.54) is 23.7 Å². The van der Waals surface area contributed by atoms with Crippen LogP contribution >= 0.6 is 11.8 Å². The fraction of sp³-hybridized carbons (Fsp3) is 0.417. The molecule has 1 unspecified atom stereocenters. The molecule has 0 aromatic heterocycles. The van der Waals surface area contributed by atoms with E-state index in [9.17, 15) is 4.79 Å². The third kappa shape index (κ3) is 3.64. The molecular weight excluding hydrogens is 238 g/mol. The topological polar surface area (TPSA) is 49.8 Å². The molecule has 0 spiro atoms. The van der Waals surface area contributed by atoms with E-state index in [0.29, 0.717) is 5.69 Å². The molecule has 0 fully saturated rings. The van der Waals surface area contributed by atoms with Crippen LogP contribution in [0.5, 0.6) is 0 Å². The lowest BCUT2D eigenvalue weighted by atomic mass is 10.3. The number of hydrogen-bond acceptors (Lipinski definition) is 3. The van der Waals surface area contributed by atoms with E-state index >= 15 is 0 Å². The van der Waals surface area contributed by atoms with Gasteiger partial charge in [-0.1, -0.05) is 30.8 Å². The third-order valence-electron chi connectivity index (χ3n) is 2.37. The number of carbonyl (C=O) groups is 1. The number of methoxy groups -OCH3 is 1. The first-order chi connectivity index (χ1) is 8.10. The molecule has 94 valence electrons. The zero-order valence-electron chi connectivity index (χ0n) is 10.2. The van der Waals surface area contributed by atoms with Gasteiger partial charge in [0.1, 0.15) is 5.44 Å². The summed E-state index contributed by atoms with van der Waals surface area (Å²) in [4.78, 5) is 13.1. The molecule has 0 bridgehead atoms. The minimum Gasteiger partial charge on any atom is -0.465 e. The highest BCUT2D eigenvalue weighted by Crippen LogP contribution is 2.33. The van der Waals surface area contributed by atoms with Gasteiger partial charge in [0.2, 0.25) is 0 Å². The molecule has 1 amide bonds. The van der Waals surface area contributed by atoms with Crippen molar-refractivity contribution in [1.29, 1.82) is 0 Å². The molecule has 1 atom stereocenters. The quantitative estimate of drug-likeness (QED) is 0.648. The van der Waals surface area contributed by atoms with Crippen LogP contribution < -0.4 is 4.90 Å². The molecule has 1 N–H and O–H groups in total. The van der Waals surface area contributed by atoms with Gasteiger partial charge in [-0.2, -0.15) is 0 Å². The van der Waals surface area contributed by atoms with E-state index < -0.39 is 6.09 Å². The molecule has 1 aromatic carbocycles. The number of para-hydroxylation sites is 1. The van der Waals surface area contributed by atoms with Crippen LogP contribution in [0.4, 0.5) is 10.5 Å². The summed E-state index contributed by atoms with van der Waals surface area (Å²) in [5, 5.41) is 8.99. The summed E-state index contributed by atoms with van der Waals surface area (Å²) in [5.41, 5.74) is 0.721. The fourth-order valence-corrected chi connectivity index (χ4v) is 2.41. The lowest BCUT2D eigenvalue weighted by Crippen LogP contribution is -2.24. The Morgan fingerprint density at radius 3 is 2.71 bits per heavy atom. The average Bonchev–Trinajstić information content (AvgIpc) is 2.35. The lowest BCUT2D eigenvalue weighted by molar-refractivity contribution is 0.170. The lowest BCUT2D eigenvalue weighted by Gasteiger charge is -2.19. The smallest absolute Gasteiger partial charge is 0.411 e. The first kappa shape index (κ1) is 13.9. The third-order valence-corrected chi connectivity index (χ3v) is 3.76. The normalized spacial score (nSPS) is 12.2. The van der Waals surface area contributed by atoms with Crippen LogP contribution in [0.1, 0.15) is 13.3 Å². The molecule has 0 aliphatic carbocycles. The predicted octanol–water partition coefficient (Wildman–Crippen LogP) is 3.28. The summed E-state index contributed by atoms with van der Waals surface area (Å²) >= 11 is 1.53. The van der Waals surface area contributed by atoms with Gasteiger partial charge in [-0.05, 0) is 18.6 Å². The number of rotatable bonds is 5. The van der Waals surface area contributed by atoms with Crippen LogP contribution in [0.15, 0.2) is 29.2 Å². The SMILES string of the molecule is CCC(OC)Sc1ccccc1N(C)C(=O)O. The molecule has 0 saturated heterocycles. The van der Waals surface area contributed by atoms with Crippen molar-refractivity contribution in [3.8, 4) is 0 Å². The number of carboxylic acid groups (broad SMARTS) is 1. The van der Waals surface area contributed by atoms with Gasteiger partial charge in [-0.3, -0.25) is 4.90 Å². The number of benzene rings is 1. The Labute approximate surface area is 106 Å². The summed E-state index contributed by atoms with van der Waals surface area (Å²) in [7, 11) is 3.19. The van der Waals surface area contributed by atoms with Gasteiger partial charge in [-0.25, -0.2) is 4.79 Å². The van der Waals surface area contributed by atoms with E-state index in [-0.39, 0.29) is 5.44 Å². The van der Waals surface area contributed by atoms with Crippen molar-refractivity contribution in [3.05, 3.63) is 24.3 Å². The van der Waals surface area contributed by atoms with E-state index in [1.54, 1.807) is 13.2 Å². The van der Waals surface area contributed by atoms with E-state index in [4.69, 9.17) is 9.84 Å². The van der Waals surface area contributed by atoms with E-state index in [0.717, 1.165) is 11.3 Å². The van der Waals surface area contributed by atoms with Gasteiger partial charge in [0.25, 0.3) is 0 Å². The second kappa shape index (κ2) is 6.51. The molecule has 5 heteroatoms.